The molecule has 0 spiro atoms. The third-order valence-electron chi connectivity index (χ3n) is 4.53. The normalized spacial score (nSPS) is 13.7. The highest BCUT2D eigenvalue weighted by Gasteiger charge is 2.25. The molecule has 0 radical (unpaired) electrons. The van der Waals surface area contributed by atoms with Crippen molar-refractivity contribution in [1.82, 2.24) is 5.32 Å². The van der Waals surface area contributed by atoms with Gasteiger partial charge in [-0.1, -0.05) is 30.3 Å². The Morgan fingerprint density at radius 1 is 1.15 bits per heavy atom. The summed E-state index contributed by atoms with van der Waals surface area (Å²) in [4.78, 5) is 18.8. The molecule has 0 unspecified atom stereocenters. The lowest BCUT2D eigenvalue weighted by Crippen LogP contribution is -2.24. The summed E-state index contributed by atoms with van der Waals surface area (Å²) in [7, 11) is 0. The van der Waals surface area contributed by atoms with Gasteiger partial charge in [0.25, 0.3) is 5.91 Å². The van der Waals surface area contributed by atoms with E-state index in [1.807, 2.05) is 42.5 Å². The summed E-state index contributed by atoms with van der Waals surface area (Å²) < 4.78 is 5.32. The van der Waals surface area contributed by atoms with Gasteiger partial charge < -0.3 is 9.73 Å². The molecule has 1 aromatic carbocycles. The van der Waals surface area contributed by atoms with Crippen molar-refractivity contribution >= 4 is 28.5 Å². The number of rotatable bonds is 5. The largest absolute Gasteiger partial charge is 0.463 e. The molecule has 1 amide bonds. The van der Waals surface area contributed by atoms with E-state index in [4.69, 9.17) is 4.42 Å². The maximum Gasteiger partial charge on any atom is 0.254 e. The highest BCUT2D eigenvalue weighted by Crippen LogP contribution is 2.39. The lowest BCUT2D eigenvalue weighted by Gasteiger charge is -2.12. The van der Waals surface area contributed by atoms with E-state index in [2.05, 4.69) is 10.3 Å². The van der Waals surface area contributed by atoms with Crippen molar-refractivity contribution in [3.8, 4) is 0 Å². The molecule has 0 aliphatic heterocycles. The number of aliphatic imine (C=N–C) groups is 1. The van der Waals surface area contributed by atoms with Crippen molar-refractivity contribution in [1.29, 1.82) is 0 Å². The van der Waals surface area contributed by atoms with Crippen molar-refractivity contribution in [2.24, 2.45) is 4.99 Å². The zero-order valence-corrected chi connectivity index (χ0v) is 15.2. The molecule has 2 aromatic heterocycles. The summed E-state index contributed by atoms with van der Waals surface area (Å²) in [5, 5.41) is 3.83. The van der Waals surface area contributed by atoms with Crippen LogP contribution in [0.2, 0.25) is 0 Å². The van der Waals surface area contributed by atoms with Crippen LogP contribution in [0.5, 0.6) is 0 Å². The average molecular weight is 364 g/mol. The standard InChI is InChI=1S/C21H20N2O2S/c24-20(22-13-15-7-2-1-3-8-15)19-17-10-4-5-11-18(17)26-21(19)23-14-16-9-6-12-25-16/h1-3,6-9,12,14H,4-5,10-11,13H2,(H,22,24). The van der Waals surface area contributed by atoms with E-state index in [1.54, 1.807) is 23.8 Å². The van der Waals surface area contributed by atoms with Crippen LogP contribution < -0.4 is 5.32 Å². The maximum absolute atomic E-state index is 12.9. The van der Waals surface area contributed by atoms with Crippen LogP contribution in [0.15, 0.2) is 58.1 Å². The number of aryl methyl sites for hydroxylation is 1. The SMILES string of the molecule is O=C(NCc1ccccc1)c1c(N=Cc2ccco2)sc2c1CCCC2. The lowest BCUT2D eigenvalue weighted by atomic mass is 9.95. The summed E-state index contributed by atoms with van der Waals surface area (Å²) in [6, 6.07) is 13.6. The first kappa shape index (κ1) is 16.8. The molecular formula is C21H20N2O2S. The molecular weight excluding hydrogens is 344 g/mol. The predicted octanol–water partition coefficient (Wildman–Crippen LogP) is 4.90. The second-order valence-electron chi connectivity index (χ2n) is 6.33. The summed E-state index contributed by atoms with van der Waals surface area (Å²) in [5.74, 6) is 0.645. The third-order valence-corrected chi connectivity index (χ3v) is 5.73. The minimum absolute atomic E-state index is 0.0418. The van der Waals surface area contributed by atoms with Crippen molar-refractivity contribution in [2.75, 3.05) is 0 Å². The minimum atomic E-state index is -0.0418. The van der Waals surface area contributed by atoms with E-state index in [0.29, 0.717) is 12.3 Å². The summed E-state index contributed by atoms with van der Waals surface area (Å²) in [5.41, 5.74) is 3.01. The molecule has 1 N–H and O–H groups in total. The molecule has 4 rings (SSSR count). The highest BCUT2D eigenvalue weighted by molar-refractivity contribution is 7.16. The fourth-order valence-electron chi connectivity index (χ4n) is 3.23. The smallest absolute Gasteiger partial charge is 0.254 e. The molecule has 26 heavy (non-hydrogen) atoms. The minimum Gasteiger partial charge on any atom is -0.463 e. The van der Waals surface area contributed by atoms with Gasteiger partial charge in [0, 0.05) is 11.4 Å². The molecule has 5 heteroatoms. The van der Waals surface area contributed by atoms with Crippen LogP contribution in [-0.4, -0.2) is 12.1 Å². The van der Waals surface area contributed by atoms with E-state index >= 15 is 0 Å². The maximum atomic E-state index is 12.9. The predicted molar refractivity (Wildman–Crippen MR) is 105 cm³/mol. The molecule has 0 fully saturated rings. The van der Waals surface area contributed by atoms with E-state index in [9.17, 15) is 4.79 Å². The first-order valence-corrected chi connectivity index (χ1v) is 9.67. The van der Waals surface area contributed by atoms with E-state index in [-0.39, 0.29) is 5.91 Å². The van der Waals surface area contributed by atoms with Gasteiger partial charge in [-0.05, 0) is 48.9 Å². The van der Waals surface area contributed by atoms with E-state index in [0.717, 1.165) is 35.4 Å². The number of nitrogens with one attached hydrogen (secondary N) is 1. The van der Waals surface area contributed by atoms with Gasteiger partial charge in [0.15, 0.2) is 0 Å². The number of nitrogens with zero attached hydrogens (tertiary/aromatic N) is 1. The zero-order valence-electron chi connectivity index (χ0n) is 14.4. The Labute approximate surface area is 156 Å². The molecule has 1 aliphatic rings. The van der Waals surface area contributed by atoms with Gasteiger partial charge in [-0.25, -0.2) is 4.99 Å². The Bertz CT molecular complexity index is 911. The first-order valence-electron chi connectivity index (χ1n) is 8.85. The van der Waals surface area contributed by atoms with Crippen molar-refractivity contribution < 1.29 is 9.21 Å². The van der Waals surface area contributed by atoms with Gasteiger partial charge in [0.2, 0.25) is 0 Å². The Hall–Kier alpha value is -2.66. The number of hydrogen-bond acceptors (Lipinski definition) is 4. The fraction of sp³-hybridized carbons (Fsp3) is 0.238. The van der Waals surface area contributed by atoms with Gasteiger partial charge in [-0.2, -0.15) is 0 Å². The van der Waals surface area contributed by atoms with Gasteiger partial charge in [-0.3, -0.25) is 4.79 Å². The highest BCUT2D eigenvalue weighted by atomic mass is 32.1. The van der Waals surface area contributed by atoms with Crippen LogP contribution in [0.3, 0.4) is 0 Å². The Morgan fingerprint density at radius 2 is 2.00 bits per heavy atom. The van der Waals surface area contributed by atoms with Gasteiger partial charge in [0.1, 0.15) is 10.8 Å². The monoisotopic (exact) mass is 364 g/mol. The first-order chi connectivity index (χ1) is 12.8. The van der Waals surface area contributed by atoms with Gasteiger partial charge >= 0.3 is 0 Å². The van der Waals surface area contributed by atoms with Crippen LogP contribution in [0.4, 0.5) is 5.00 Å². The summed E-state index contributed by atoms with van der Waals surface area (Å²) in [6.07, 6.45) is 7.61. The number of furan rings is 1. The number of benzene rings is 1. The Balaban J connectivity index is 1.60. The Morgan fingerprint density at radius 3 is 2.81 bits per heavy atom. The van der Waals surface area contributed by atoms with Gasteiger partial charge in [-0.15, -0.1) is 11.3 Å². The number of hydrogen-bond donors (Lipinski definition) is 1. The zero-order chi connectivity index (χ0) is 17.8. The molecule has 4 nitrogen and oxygen atoms in total. The molecule has 3 aromatic rings. The van der Waals surface area contributed by atoms with Crippen LogP contribution in [0.25, 0.3) is 0 Å². The third kappa shape index (κ3) is 3.63. The summed E-state index contributed by atoms with van der Waals surface area (Å²) in [6.45, 7) is 0.519. The molecule has 0 atom stereocenters. The molecule has 1 aliphatic carbocycles. The van der Waals surface area contributed by atoms with Crippen molar-refractivity contribution in [3.05, 3.63) is 76.1 Å². The second-order valence-corrected chi connectivity index (χ2v) is 7.42. The van der Waals surface area contributed by atoms with Crippen molar-refractivity contribution in [2.45, 2.75) is 32.2 Å². The number of thiophene rings is 1. The van der Waals surface area contributed by atoms with Crippen LogP contribution in [-0.2, 0) is 19.4 Å². The molecule has 0 saturated carbocycles. The topological polar surface area (TPSA) is 54.6 Å². The quantitative estimate of drug-likeness (QED) is 0.655. The molecule has 132 valence electrons. The number of fused-ring (bicyclic) bond motifs is 1. The second kappa shape index (κ2) is 7.70. The molecule has 0 bridgehead atoms. The number of carbonyl (C=O) groups is 1. The Kier molecular flexibility index (Phi) is 4.97. The van der Waals surface area contributed by atoms with E-state index in [1.165, 1.54) is 16.9 Å². The van der Waals surface area contributed by atoms with Crippen LogP contribution in [0, 0.1) is 0 Å². The lowest BCUT2D eigenvalue weighted by molar-refractivity contribution is 0.0951. The molecule has 0 saturated heterocycles. The van der Waals surface area contributed by atoms with E-state index < -0.39 is 0 Å². The summed E-state index contributed by atoms with van der Waals surface area (Å²) >= 11 is 1.63. The van der Waals surface area contributed by atoms with Crippen LogP contribution in [0.1, 0.15) is 45.0 Å². The van der Waals surface area contributed by atoms with Crippen LogP contribution >= 0.6 is 11.3 Å². The molecule has 2 heterocycles. The fourth-order valence-corrected chi connectivity index (χ4v) is 4.46. The van der Waals surface area contributed by atoms with Crippen molar-refractivity contribution in [3.63, 3.8) is 0 Å². The number of amides is 1. The number of carbonyl (C=O) groups excluding carboxylic acids is 1. The average Bonchev–Trinajstić information content (AvgIpc) is 3.32. The van der Waals surface area contributed by atoms with Gasteiger partial charge in [0.05, 0.1) is 18.0 Å².